The number of nitrogens with two attached hydrogens (primary N) is 1. The van der Waals surface area contributed by atoms with Crippen molar-refractivity contribution in [1.82, 2.24) is 0 Å². The van der Waals surface area contributed by atoms with Crippen LogP contribution in [0.15, 0.2) is 42.5 Å². The first-order valence-electron chi connectivity index (χ1n) is 6.20. The highest BCUT2D eigenvalue weighted by Crippen LogP contribution is 2.17. The third-order valence-electron chi connectivity index (χ3n) is 2.84. The summed E-state index contributed by atoms with van der Waals surface area (Å²) in [6.07, 6.45) is 0. The maximum Gasteiger partial charge on any atom is 0.248 e. The molecule has 2 rings (SSSR count). The normalized spacial score (nSPS) is 10.0. The van der Waals surface area contributed by atoms with E-state index in [9.17, 15) is 9.18 Å². The van der Waals surface area contributed by atoms with Crippen molar-refractivity contribution in [2.75, 3.05) is 10.6 Å². The number of primary amides is 1. The van der Waals surface area contributed by atoms with Gasteiger partial charge < -0.3 is 16.4 Å². The topological polar surface area (TPSA) is 67.2 Å². The van der Waals surface area contributed by atoms with Crippen molar-refractivity contribution in [2.45, 2.75) is 6.92 Å². The molecule has 0 unspecified atom stereocenters. The van der Waals surface area contributed by atoms with E-state index in [1.165, 1.54) is 12.1 Å². The van der Waals surface area contributed by atoms with Crippen molar-refractivity contribution in [3.8, 4) is 0 Å². The summed E-state index contributed by atoms with van der Waals surface area (Å²) in [5, 5.41) is 6.26. The van der Waals surface area contributed by atoms with Gasteiger partial charge >= 0.3 is 0 Å². The molecule has 0 aliphatic heterocycles. The number of carbonyl (C=O) groups excluding carboxylic acids is 1. The number of nitrogens with one attached hydrogen (secondary N) is 2. The van der Waals surface area contributed by atoms with E-state index in [2.05, 4.69) is 10.6 Å². The lowest BCUT2D eigenvalue weighted by molar-refractivity contribution is 0.100. The molecule has 4 N–H and O–H groups in total. The molecule has 6 heteroatoms. The van der Waals surface area contributed by atoms with Gasteiger partial charge in [0, 0.05) is 16.9 Å². The Hall–Kier alpha value is -2.47. The van der Waals surface area contributed by atoms with Crippen molar-refractivity contribution >= 4 is 34.6 Å². The average molecular weight is 303 g/mol. The van der Waals surface area contributed by atoms with Crippen LogP contribution in [0.2, 0.25) is 0 Å². The predicted octanol–water partition coefficient (Wildman–Crippen LogP) is 3.04. The molecule has 2 aromatic rings. The summed E-state index contributed by atoms with van der Waals surface area (Å²) in [5.41, 5.74) is 7.70. The lowest BCUT2D eigenvalue weighted by Crippen LogP contribution is -2.20. The third-order valence-corrected chi connectivity index (χ3v) is 3.05. The second kappa shape index (κ2) is 6.32. The number of amides is 1. The Labute approximate surface area is 127 Å². The molecule has 1 amide bonds. The Morgan fingerprint density at radius 3 is 2.62 bits per heavy atom. The van der Waals surface area contributed by atoms with E-state index in [4.69, 9.17) is 18.0 Å². The minimum atomic E-state index is -0.507. The molecule has 2 aromatic carbocycles. The molecule has 0 aromatic heterocycles. The fraction of sp³-hybridized carbons (Fsp3) is 0.0667. The van der Waals surface area contributed by atoms with Crippen LogP contribution in [0.5, 0.6) is 0 Å². The minimum absolute atomic E-state index is 0.300. The first-order valence-corrected chi connectivity index (χ1v) is 6.60. The van der Waals surface area contributed by atoms with Crippen LogP contribution in [0.25, 0.3) is 0 Å². The molecule has 0 heterocycles. The van der Waals surface area contributed by atoms with E-state index in [1.807, 2.05) is 0 Å². The summed E-state index contributed by atoms with van der Waals surface area (Å²) in [6.45, 7) is 1.78. The molecular formula is C15H14FN3OS. The van der Waals surface area contributed by atoms with Crippen LogP contribution in [0, 0.1) is 12.7 Å². The van der Waals surface area contributed by atoms with E-state index in [0.717, 1.165) is 5.56 Å². The molecule has 108 valence electrons. The van der Waals surface area contributed by atoms with E-state index in [-0.39, 0.29) is 5.82 Å². The second-order valence-electron chi connectivity index (χ2n) is 4.48. The highest BCUT2D eigenvalue weighted by atomic mass is 32.1. The zero-order chi connectivity index (χ0) is 15.4. The zero-order valence-corrected chi connectivity index (χ0v) is 12.1. The number of benzene rings is 2. The largest absolute Gasteiger partial charge is 0.366 e. The summed E-state index contributed by atoms with van der Waals surface area (Å²) in [4.78, 5) is 11.1. The lowest BCUT2D eigenvalue weighted by atomic mass is 10.2. The van der Waals surface area contributed by atoms with Crippen LogP contribution < -0.4 is 16.4 Å². The predicted molar refractivity (Wildman–Crippen MR) is 85.9 cm³/mol. The summed E-state index contributed by atoms with van der Waals surface area (Å²) < 4.78 is 13.0. The SMILES string of the molecule is Cc1cc(F)ccc1NC(=S)Nc1cccc(C(N)=O)c1. The van der Waals surface area contributed by atoms with E-state index >= 15 is 0 Å². The van der Waals surface area contributed by atoms with Crippen LogP contribution in [0.4, 0.5) is 15.8 Å². The van der Waals surface area contributed by atoms with Gasteiger partial charge in [0.1, 0.15) is 5.82 Å². The molecule has 0 aliphatic carbocycles. The number of carbonyl (C=O) groups is 1. The number of hydrogen-bond donors (Lipinski definition) is 3. The number of aryl methyl sites for hydroxylation is 1. The molecule has 0 spiro atoms. The maximum absolute atomic E-state index is 13.0. The molecule has 0 fully saturated rings. The van der Waals surface area contributed by atoms with Gasteiger partial charge in [0.25, 0.3) is 0 Å². The van der Waals surface area contributed by atoms with E-state index in [1.54, 1.807) is 37.3 Å². The first-order chi connectivity index (χ1) is 9.95. The van der Waals surface area contributed by atoms with Crippen LogP contribution in [0.3, 0.4) is 0 Å². The summed E-state index contributed by atoms with van der Waals surface area (Å²) >= 11 is 5.19. The zero-order valence-electron chi connectivity index (χ0n) is 11.3. The molecule has 4 nitrogen and oxygen atoms in total. The Balaban J connectivity index is 2.08. The van der Waals surface area contributed by atoms with Gasteiger partial charge in [-0.05, 0) is 61.1 Å². The highest BCUT2D eigenvalue weighted by molar-refractivity contribution is 7.80. The van der Waals surface area contributed by atoms with Gasteiger partial charge in [-0.3, -0.25) is 4.79 Å². The van der Waals surface area contributed by atoms with Crippen LogP contribution in [-0.4, -0.2) is 11.0 Å². The van der Waals surface area contributed by atoms with Gasteiger partial charge in [-0.25, -0.2) is 4.39 Å². The van der Waals surface area contributed by atoms with Gasteiger partial charge in [-0.15, -0.1) is 0 Å². The Morgan fingerprint density at radius 2 is 1.95 bits per heavy atom. The van der Waals surface area contributed by atoms with Crippen molar-refractivity contribution in [1.29, 1.82) is 0 Å². The fourth-order valence-corrected chi connectivity index (χ4v) is 2.03. The molecular weight excluding hydrogens is 289 g/mol. The molecule has 0 bridgehead atoms. The van der Waals surface area contributed by atoms with Crippen molar-refractivity contribution in [2.24, 2.45) is 5.73 Å². The summed E-state index contributed by atoms with van der Waals surface area (Å²) in [5.74, 6) is -0.807. The Bertz CT molecular complexity index is 703. The first kappa shape index (κ1) is 14.9. The third kappa shape index (κ3) is 4.00. The van der Waals surface area contributed by atoms with Gasteiger partial charge in [0.05, 0.1) is 0 Å². The van der Waals surface area contributed by atoms with Crippen LogP contribution in [0.1, 0.15) is 15.9 Å². The number of anilines is 2. The molecule has 0 saturated heterocycles. The van der Waals surface area contributed by atoms with Crippen molar-refractivity contribution in [3.05, 3.63) is 59.4 Å². The molecule has 21 heavy (non-hydrogen) atoms. The molecule has 0 atom stereocenters. The second-order valence-corrected chi connectivity index (χ2v) is 4.89. The number of thiocarbonyl (C=S) groups is 1. The number of rotatable bonds is 3. The smallest absolute Gasteiger partial charge is 0.248 e. The van der Waals surface area contributed by atoms with E-state index < -0.39 is 5.91 Å². The van der Waals surface area contributed by atoms with Gasteiger partial charge in [0.2, 0.25) is 5.91 Å². The average Bonchev–Trinajstić information content (AvgIpc) is 2.42. The summed E-state index contributed by atoms with van der Waals surface area (Å²) in [6, 6.07) is 11.1. The molecule has 0 saturated carbocycles. The van der Waals surface area contributed by atoms with Crippen LogP contribution in [-0.2, 0) is 0 Å². The fourth-order valence-electron chi connectivity index (χ4n) is 1.80. The van der Waals surface area contributed by atoms with Crippen molar-refractivity contribution in [3.63, 3.8) is 0 Å². The van der Waals surface area contributed by atoms with E-state index in [0.29, 0.717) is 22.1 Å². The van der Waals surface area contributed by atoms with Crippen LogP contribution >= 0.6 is 12.2 Å². The van der Waals surface area contributed by atoms with Gasteiger partial charge in [-0.1, -0.05) is 6.07 Å². The van der Waals surface area contributed by atoms with Crippen molar-refractivity contribution < 1.29 is 9.18 Å². The Morgan fingerprint density at radius 1 is 1.19 bits per heavy atom. The minimum Gasteiger partial charge on any atom is -0.366 e. The quantitative estimate of drug-likeness (QED) is 0.762. The molecule has 0 radical (unpaired) electrons. The number of hydrogen-bond acceptors (Lipinski definition) is 2. The monoisotopic (exact) mass is 303 g/mol. The summed E-state index contributed by atoms with van der Waals surface area (Å²) in [7, 11) is 0. The molecule has 0 aliphatic rings. The van der Waals surface area contributed by atoms with Gasteiger partial charge in [0.15, 0.2) is 5.11 Å². The maximum atomic E-state index is 13.0. The Kier molecular flexibility index (Phi) is 4.49. The number of halogens is 1. The lowest BCUT2D eigenvalue weighted by Gasteiger charge is -2.13. The standard InChI is InChI=1S/C15H14FN3OS/c1-9-7-11(16)5-6-13(9)19-15(21)18-12-4-2-3-10(8-12)14(17)20/h2-8H,1H3,(H2,17,20)(H2,18,19,21). The highest BCUT2D eigenvalue weighted by Gasteiger charge is 2.05. The van der Waals surface area contributed by atoms with Gasteiger partial charge in [-0.2, -0.15) is 0 Å².